The Kier molecular flexibility index (Phi) is 9.13. The van der Waals surface area contributed by atoms with E-state index in [1.807, 2.05) is 52.0 Å². The fourth-order valence-electron chi connectivity index (χ4n) is 3.74. The summed E-state index contributed by atoms with van der Waals surface area (Å²) in [4.78, 5) is 22.5. The van der Waals surface area contributed by atoms with Crippen molar-refractivity contribution < 1.29 is 19.6 Å². The van der Waals surface area contributed by atoms with Crippen LogP contribution < -0.4 is 10.6 Å². The fourth-order valence-corrected chi connectivity index (χ4v) is 3.92. The lowest BCUT2D eigenvalue weighted by Crippen LogP contribution is -2.34. The first-order valence-electron chi connectivity index (χ1n) is 11.9. The van der Waals surface area contributed by atoms with Crippen molar-refractivity contribution in [3.63, 3.8) is 0 Å². The monoisotopic (exact) mass is 525 g/mol. The van der Waals surface area contributed by atoms with Gasteiger partial charge in [0.15, 0.2) is 0 Å². The lowest BCUT2D eigenvalue weighted by Gasteiger charge is -2.22. The molecular weight excluding hydrogens is 494 g/mol. The van der Waals surface area contributed by atoms with Crippen LogP contribution in [0.2, 0.25) is 5.02 Å². The van der Waals surface area contributed by atoms with Crippen LogP contribution in [0.4, 0.5) is 16.2 Å². The average Bonchev–Trinajstić information content (AvgIpc) is 2.85. The van der Waals surface area contributed by atoms with Gasteiger partial charge in [-0.2, -0.15) is 0 Å². The first-order valence-corrected chi connectivity index (χ1v) is 12.3. The molecule has 0 bridgehead atoms. The quantitative estimate of drug-likeness (QED) is 0.215. The van der Waals surface area contributed by atoms with Crippen LogP contribution in [0, 0.1) is 10.1 Å². The summed E-state index contributed by atoms with van der Waals surface area (Å²) < 4.78 is 5.30. The molecule has 0 saturated heterocycles. The first-order chi connectivity index (χ1) is 17.4. The van der Waals surface area contributed by atoms with Crippen LogP contribution in [0.25, 0.3) is 0 Å². The number of anilines is 1. The Balaban J connectivity index is 1.73. The zero-order valence-electron chi connectivity index (χ0n) is 21.3. The highest BCUT2D eigenvalue weighted by molar-refractivity contribution is 6.30. The molecule has 0 spiro atoms. The maximum atomic E-state index is 12.0. The summed E-state index contributed by atoms with van der Waals surface area (Å²) in [6.45, 7) is 8.21. The minimum atomic E-state index is -0.955. The van der Waals surface area contributed by atoms with Gasteiger partial charge in [-0.1, -0.05) is 54.9 Å². The first kappa shape index (κ1) is 28.0. The number of hydrogen-bond donors (Lipinski definition) is 3. The van der Waals surface area contributed by atoms with Gasteiger partial charge in [0, 0.05) is 41.5 Å². The van der Waals surface area contributed by atoms with Crippen molar-refractivity contribution in [1.29, 1.82) is 0 Å². The van der Waals surface area contributed by atoms with Crippen molar-refractivity contribution in [2.24, 2.45) is 0 Å². The zero-order valence-corrected chi connectivity index (χ0v) is 22.1. The summed E-state index contributed by atoms with van der Waals surface area (Å²) in [5.41, 5.74) is 3.25. The van der Waals surface area contributed by atoms with Crippen LogP contribution in [0.1, 0.15) is 62.0 Å². The van der Waals surface area contributed by atoms with Crippen molar-refractivity contribution in [3.05, 3.63) is 104 Å². The van der Waals surface area contributed by atoms with Gasteiger partial charge in [-0.3, -0.25) is 10.1 Å². The van der Waals surface area contributed by atoms with E-state index in [0.717, 1.165) is 11.1 Å². The second-order valence-electron chi connectivity index (χ2n) is 9.87. The second kappa shape index (κ2) is 12.1. The highest BCUT2D eigenvalue weighted by atomic mass is 35.5. The van der Waals surface area contributed by atoms with Crippen molar-refractivity contribution in [2.45, 2.75) is 51.9 Å². The molecule has 1 amide bonds. The summed E-state index contributed by atoms with van der Waals surface area (Å²) in [7, 11) is 0. The molecule has 3 aromatic carbocycles. The Labute approximate surface area is 221 Å². The number of aliphatic hydroxyl groups excluding tert-OH is 1. The molecule has 0 aliphatic heterocycles. The minimum absolute atomic E-state index is 0.0150. The number of carbonyl (C=O) groups excluding carboxylic acids is 1. The Morgan fingerprint density at radius 2 is 1.76 bits per heavy atom. The molecule has 9 heteroatoms. The molecule has 3 N–H and O–H groups in total. The van der Waals surface area contributed by atoms with Crippen molar-refractivity contribution >= 4 is 29.1 Å². The number of benzene rings is 3. The number of rotatable bonds is 9. The molecule has 3 aromatic rings. The van der Waals surface area contributed by atoms with Crippen LogP contribution in [0.15, 0.2) is 66.7 Å². The topological polar surface area (TPSA) is 114 Å². The van der Waals surface area contributed by atoms with Crippen molar-refractivity contribution in [3.8, 4) is 0 Å². The van der Waals surface area contributed by atoms with E-state index >= 15 is 0 Å². The number of nitrogens with zero attached hydrogens (tertiary/aromatic N) is 1. The molecule has 0 aliphatic carbocycles. The van der Waals surface area contributed by atoms with Gasteiger partial charge in [0.25, 0.3) is 5.69 Å². The summed E-state index contributed by atoms with van der Waals surface area (Å²) in [5.74, 6) is -0.0150. The number of nitro benzene ring substituents is 1. The molecule has 0 radical (unpaired) electrons. The lowest BCUT2D eigenvalue weighted by atomic mass is 9.94. The normalized spacial score (nSPS) is 12.9. The Morgan fingerprint density at radius 3 is 2.41 bits per heavy atom. The van der Waals surface area contributed by atoms with Crippen molar-refractivity contribution in [2.75, 3.05) is 11.9 Å². The lowest BCUT2D eigenvalue weighted by molar-refractivity contribution is -0.384. The van der Waals surface area contributed by atoms with Gasteiger partial charge in [-0.25, -0.2) is 4.79 Å². The number of alkyl carbamates (subject to hydrolysis) is 1. The molecule has 0 aromatic heterocycles. The van der Waals surface area contributed by atoms with E-state index < -0.39 is 22.7 Å². The third-order valence-electron chi connectivity index (χ3n) is 5.69. The number of aliphatic hydroxyl groups is 1. The van der Waals surface area contributed by atoms with E-state index in [9.17, 15) is 20.0 Å². The number of ether oxygens (including phenoxy) is 1. The van der Waals surface area contributed by atoms with Gasteiger partial charge in [-0.05, 0) is 61.6 Å². The zero-order chi connectivity index (χ0) is 27.2. The predicted molar refractivity (Wildman–Crippen MR) is 145 cm³/mol. The molecule has 2 atom stereocenters. The third-order valence-corrected chi connectivity index (χ3v) is 5.92. The molecule has 0 aliphatic rings. The summed E-state index contributed by atoms with van der Waals surface area (Å²) in [5, 5.41) is 28.7. The highest BCUT2D eigenvalue weighted by Gasteiger charge is 2.19. The standard InChI is InChI=1S/C28H32ClN3O5/c1-18(16-31-27(34)37-28(2,3)4)20-6-5-7-21(14-20)26(33)24-15-22(29)10-13-25(24)30-17-19-8-11-23(12-9-19)32(35)36/h5-15,18,26,30,33H,16-17H2,1-4H3,(H,31,34). The largest absolute Gasteiger partial charge is 0.444 e. The van der Waals surface area contributed by atoms with Crippen LogP contribution >= 0.6 is 11.6 Å². The number of amides is 1. The predicted octanol–water partition coefficient (Wildman–Crippen LogP) is 6.57. The molecule has 37 heavy (non-hydrogen) atoms. The average molecular weight is 526 g/mol. The Hall–Kier alpha value is -3.62. The summed E-state index contributed by atoms with van der Waals surface area (Å²) in [6, 6.07) is 19.1. The molecule has 196 valence electrons. The summed E-state index contributed by atoms with van der Waals surface area (Å²) in [6.07, 6.45) is -1.43. The number of carbonyl (C=O) groups is 1. The minimum Gasteiger partial charge on any atom is -0.444 e. The maximum Gasteiger partial charge on any atom is 0.407 e. The molecule has 0 heterocycles. The molecule has 3 rings (SSSR count). The van der Waals surface area contributed by atoms with Gasteiger partial charge >= 0.3 is 6.09 Å². The van der Waals surface area contributed by atoms with Gasteiger partial charge in [0.1, 0.15) is 11.7 Å². The second-order valence-corrected chi connectivity index (χ2v) is 10.3. The van der Waals surface area contributed by atoms with Crippen molar-refractivity contribution in [1.82, 2.24) is 5.32 Å². The van der Waals surface area contributed by atoms with E-state index in [4.69, 9.17) is 16.3 Å². The Bertz CT molecular complexity index is 1240. The van der Waals surface area contributed by atoms with E-state index in [2.05, 4.69) is 10.6 Å². The Morgan fingerprint density at radius 1 is 1.08 bits per heavy atom. The van der Waals surface area contributed by atoms with E-state index in [-0.39, 0.29) is 11.6 Å². The number of nitrogens with one attached hydrogen (secondary N) is 2. The van der Waals surface area contributed by atoms with E-state index in [1.165, 1.54) is 12.1 Å². The van der Waals surface area contributed by atoms with Crippen LogP contribution in [0.5, 0.6) is 0 Å². The number of hydrogen-bond acceptors (Lipinski definition) is 6. The molecular formula is C28H32ClN3O5. The van der Waals surface area contributed by atoms with Crippen LogP contribution in [0.3, 0.4) is 0 Å². The van der Waals surface area contributed by atoms with Gasteiger partial charge in [-0.15, -0.1) is 0 Å². The SMILES string of the molecule is CC(CNC(=O)OC(C)(C)C)c1cccc(C(O)c2cc(Cl)ccc2NCc2ccc([N+](=O)[O-])cc2)c1. The highest BCUT2D eigenvalue weighted by Crippen LogP contribution is 2.32. The van der Waals surface area contributed by atoms with Crippen LogP contribution in [-0.4, -0.2) is 28.3 Å². The van der Waals surface area contributed by atoms with Gasteiger partial charge in [0.05, 0.1) is 4.92 Å². The number of non-ortho nitro benzene ring substituents is 1. The molecule has 0 fully saturated rings. The number of nitro groups is 1. The van der Waals surface area contributed by atoms with Gasteiger partial charge in [0.2, 0.25) is 0 Å². The molecule has 8 nitrogen and oxygen atoms in total. The summed E-state index contributed by atoms with van der Waals surface area (Å²) >= 11 is 6.26. The van der Waals surface area contributed by atoms with Crippen LogP contribution in [-0.2, 0) is 11.3 Å². The van der Waals surface area contributed by atoms with E-state index in [0.29, 0.717) is 34.9 Å². The maximum absolute atomic E-state index is 12.0. The van der Waals surface area contributed by atoms with E-state index in [1.54, 1.807) is 30.3 Å². The molecule has 2 unspecified atom stereocenters. The smallest absolute Gasteiger partial charge is 0.407 e. The van der Waals surface area contributed by atoms with Gasteiger partial charge < -0.3 is 20.5 Å². The fraction of sp³-hybridized carbons (Fsp3) is 0.321. The molecule has 0 saturated carbocycles. The number of halogens is 1. The third kappa shape index (κ3) is 8.20.